The molecule has 9 rings (SSSR count). The molecule has 5 N–H and O–H groups in total. The van der Waals surface area contributed by atoms with Gasteiger partial charge in [-0.15, -0.1) is 0 Å². The molecular formula is C51H66N8O6. The predicted octanol–water partition coefficient (Wildman–Crippen LogP) is 7.63. The molecular weight excluding hydrogens is 821 g/mol. The van der Waals surface area contributed by atoms with Crippen molar-refractivity contribution in [2.24, 2.45) is 11.8 Å². The van der Waals surface area contributed by atoms with Crippen molar-refractivity contribution in [2.45, 2.75) is 134 Å². The molecule has 4 heterocycles. The van der Waals surface area contributed by atoms with Crippen LogP contribution in [0.5, 0.6) is 0 Å². The minimum atomic E-state index is -0.684. The zero-order valence-electron chi connectivity index (χ0n) is 38.8. The first-order chi connectivity index (χ1) is 31.4. The van der Waals surface area contributed by atoms with Crippen molar-refractivity contribution in [1.82, 2.24) is 41.0 Å². The molecule has 0 radical (unpaired) electrons. The second-order valence-corrected chi connectivity index (χ2v) is 19.7. The van der Waals surface area contributed by atoms with Gasteiger partial charge < -0.3 is 34.9 Å². The molecule has 3 aliphatic heterocycles. The van der Waals surface area contributed by atoms with E-state index in [9.17, 15) is 19.2 Å². The number of carbonyl (C=O) groups is 4. The summed E-state index contributed by atoms with van der Waals surface area (Å²) in [4.78, 5) is 64.3. The third kappa shape index (κ3) is 8.48. The van der Waals surface area contributed by atoms with Gasteiger partial charge in [-0.25, -0.2) is 14.6 Å². The Balaban J connectivity index is 0.944. The van der Waals surface area contributed by atoms with Crippen LogP contribution in [0.3, 0.4) is 0 Å². The molecule has 4 aromatic rings. The van der Waals surface area contributed by atoms with Crippen molar-refractivity contribution in [3.8, 4) is 22.3 Å². The normalized spacial score (nSPS) is 23.4. The first-order valence-corrected chi connectivity index (χ1v) is 24.0. The van der Waals surface area contributed by atoms with E-state index in [1.54, 1.807) is 0 Å². The highest BCUT2D eigenvalue weighted by Crippen LogP contribution is 2.55. The van der Waals surface area contributed by atoms with Gasteiger partial charge in [-0.1, -0.05) is 83.0 Å². The van der Waals surface area contributed by atoms with Gasteiger partial charge in [0.2, 0.25) is 11.8 Å². The molecule has 1 aromatic heterocycles. The number of amides is 4. The Kier molecular flexibility index (Phi) is 12.7. The number of aromatic nitrogens is 2. The molecule has 14 heteroatoms. The molecule has 1 spiro atoms. The van der Waals surface area contributed by atoms with E-state index in [0.29, 0.717) is 13.1 Å². The van der Waals surface area contributed by atoms with Crippen LogP contribution in [0.2, 0.25) is 0 Å². The molecule has 5 aliphatic rings. The quantitative estimate of drug-likeness (QED) is 0.102. The highest BCUT2D eigenvalue weighted by atomic mass is 16.5. The van der Waals surface area contributed by atoms with Crippen LogP contribution in [0.1, 0.15) is 120 Å². The highest BCUT2D eigenvalue weighted by molar-refractivity contribution is 5.88. The van der Waals surface area contributed by atoms with Crippen molar-refractivity contribution in [3.05, 3.63) is 77.1 Å². The number of aromatic amines is 1. The summed E-state index contributed by atoms with van der Waals surface area (Å²) in [6.45, 7) is 9.78. The number of nitrogens with one attached hydrogen (secondary N) is 5. The van der Waals surface area contributed by atoms with Gasteiger partial charge in [-0.3, -0.25) is 20.2 Å². The molecule has 2 aliphatic carbocycles. The van der Waals surface area contributed by atoms with Gasteiger partial charge in [0.1, 0.15) is 17.9 Å². The van der Waals surface area contributed by atoms with Crippen molar-refractivity contribution < 1.29 is 28.7 Å². The van der Waals surface area contributed by atoms with E-state index >= 15 is 0 Å². The average Bonchev–Trinajstić information content (AvgIpc) is 4.18. The molecule has 1 saturated carbocycles. The largest absolute Gasteiger partial charge is 0.453 e. The standard InChI is InChI=1S/C51H66N8O6/c1-29(2)43(56-49(62)64-5)47(60)58-25-9-11-40(58)45-52-28-39(55-45)32-15-13-31(14-16-32)35-19-18-34(36-21-24-51(42(35)36)22-7-8-23-51)33-17-20-37-38(27-33)54-46(53-37)41-12-10-26-59(41)48(61)44(30(3)4)57-50(63)65-6/h13-20,27,29-30,39-41,43-45,52,55H,7-12,21-26,28H2,1-6H3,(H,53,54)(H,56,62)(H,57,63)/t39?,40-,41-,43-,44-,45?/m0/s1. The zero-order valence-corrected chi connectivity index (χ0v) is 38.8. The Labute approximate surface area is 382 Å². The Bertz CT molecular complexity index is 2420. The SMILES string of the molecule is COC(=O)N[C@H](C(=O)N1CCC[C@H]1c1nc2ccc(-c3ccc(-c4ccc(C5CNC([C@@H]6CCCN6C(=O)[C@@H](NC(=O)OC)C(C)C)N5)cc4)c4c3CCC43CCCC3)cc2[nH]1)C(C)C. The lowest BCUT2D eigenvalue weighted by Gasteiger charge is -2.33. The number of carbonyl (C=O) groups excluding carboxylic acids is 4. The Morgan fingerprint density at radius 1 is 0.754 bits per heavy atom. The van der Waals surface area contributed by atoms with Crippen LogP contribution < -0.4 is 21.3 Å². The molecule has 0 bridgehead atoms. The lowest BCUT2D eigenvalue weighted by atomic mass is 9.76. The molecule has 65 heavy (non-hydrogen) atoms. The van der Waals surface area contributed by atoms with Crippen LogP contribution >= 0.6 is 0 Å². The van der Waals surface area contributed by atoms with Gasteiger partial charge >= 0.3 is 12.2 Å². The maximum absolute atomic E-state index is 13.8. The first-order valence-electron chi connectivity index (χ1n) is 24.0. The fourth-order valence-electron chi connectivity index (χ4n) is 11.8. The molecule has 14 nitrogen and oxygen atoms in total. The van der Waals surface area contributed by atoms with Gasteiger partial charge in [-0.05, 0) is 120 Å². The summed E-state index contributed by atoms with van der Waals surface area (Å²) in [6.07, 6.45) is 9.40. The highest BCUT2D eigenvalue weighted by Gasteiger charge is 2.45. The summed E-state index contributed by atoms with van der Waals surface area (Å²) in [7, 11) is 2.63. The van der Waals surface area contributed by atoms with Crippen molar-refractivity contribution in [2.75, 3.05) is 33.9 Å². The summed E-state index contributed by atoms with van der Waals surface area (Å²) in [5.41, 5.74) is 11.2. The van der Waals surface area contributed by atoms with Gasteiger partial charge in [0.25, 0.3) is 0 Å². The number of methoxy groups -OCH3 is 2. The maximum atomic E-state index is 13.8. The number of benzene rings is 3. The van der Waals surface area contributed by atoms with Crippen molar-refractivity contribution in [3.63, 3.8) is 0 Å². The van der Waals surface area contributed by atoms with Crippen molar-refractivity contribution >= 4 is 35.0 Å². The van der Waals surface area contributed by atoms with Crippen molar-refractivity contribution in [1.29, 1.82) is 0 Å². The van der Waals surface area contributed by atoms with E-state index in [-0.39, 0.29) is 53.4 Å². The van der Waals surface area contributed by atoms with E-state index in [1.165, 1.54) is 85.3 Å². The number of rotatable bonds is 11. The van der Waals surface area contributed by atoms with Gasteiger partial charge in [-0.2, -0.15) is 0 Å². The molecule has 4 fully saturated rings. The number of H-pyrrole nitrogens is 1. The van der Waals surface area contributed by atoms with Gasteiger partial charge in [0.05, 0.1) is 43.5 Å². The second kappa shape index (κ2) is 18.4. The van der Waals surface area contributed by atoms with Crippen LogP contribution in [0, 0.1) is 11.8 Å². The number of nitrogens with zero attached hydrogens (tertiary/aromatic N) is 3. The van der Waals surface area contributed by atoms with Crippen LogP contribution in [0.15, 0.2) is 54.6 Å². The number of alkyl carbamates (subject to hydrolysis) is 2. The molecule has 2 unspecified atom stereocenters. The molecule has 4 amide bonds. The maximum Gasteiger partial charge on any atom is 0.407 e. The van der Waals surface area contributed by atoms with Gasteiger partial charge in [0, 0.05) is 25.7 Å². The lowest BCUT2D eigenvalue weighted by Crippen LogP contribution is -2.57. The third-order valence-electron chi connectivity index (χ3n) is 15.2. The monoisotopic (exact) mass is 887 g/mol. The smallest absolute Gasteiger partial charge is 0.407 e. The zero-order chi connectivity index (χ0) is 45.6. The summed E-state index contributed by atoms with van der Waals surface area (Å²) in [5, 5.41) is 13.0. The number of hydrogen-bond acceptors (Lipinski definition) is 9. The number of likely N-dealkylation sites (tertiary alicyclic amines) is 2. The summed E-state index contributed by atoms with van der Waals surface area (Å²) in [6, 6.07) is 18.9. The Hall–Kier alpha value is -5.47. The first kappa shape index (κ1) is 44.7. The molecule has 6 atom stereocenters. The minimum absolute atomic E-state index is 0.0126. The third-order valence-corrected chi connectivity index (χ3v) is 15.2. The Morgan fingerprint density at radius 3 is 2.06 bits per heavy atom. The van der Waals surface area contributed by atoms with Crippen LogP contribution in [-0.4, -0.2) is 102 Å². The number of fused-ring (bicyclic) bond motifs is 3. The van der Waals surface area contributed by atoms with E-state index < -0.39 is 24.3 Å². The molecule has 346 valence electrons. The number of hydrogen-bond donors (Lipinski definition) is 5. The average molecular weight is 887 g/mol. The van der Waals surface area contributed by atoms with Crippen LogP contribution in [0.25, 0.3) is 33.3 Å². The molecule has 3 saturated heterocycles. The minimum Gasteiger partial charge on any atom is -0.453 e. The van der Waals surface area contributed by atoms with E-state index in [0.717, 1.165) is 55.5 Å². The van der Waals surface area contributed by atoms with Crippen LogP contribution in [-0.2, 0) is 30.9 Å². The topological polar surface area (TPSA) is 170 Å². The molecule has 3 aromatic carbocycles. The van der Waals surface area contributed by atoms with E-state index in [4.69, 9.17) is 14.5 Å². The summed E-state index contributed by atoms with van der Waals surface area (Å²) < 4.78 is 9.65. The summed E-state index contributed by atoms with van der Waals surface area (Å²) in [5.74, 6) is 0.424. The Morgan fingerprint density at radius 2 is 1.38 bits per heavy atom. The lowest BCUT2D eigenvalue weighted by molar-refractivity contribution is -0.136. The fraction of sp³-hybridized carbons (Fsp3) is 0.549. The number of ether oxygens (including phenoxy) is 2. The van der Waals surface area contributed by atoms with E-state index in [2.05, 4.69) is 80.8 Å². The fourth-order valence-corrected chi connectivity index (χ4v) is 11.8. The summed E-state index contributed by atoms with van der Waals surface area (Å²) >= 11 is 0. The number of imidazole rings is 1. The van der Waals surface area contributed by atoms with Gasteiger partial charge in [0.15, 0.2) is 0 Å². The van der Waals surface area contributed by atoms with E-state index in [1.807, 2.05) is 37.5 Å². The predicted molar refractivity (Wildman–Crippen MR) is 250 cm³/mol. The second-order valence-electron chi connectivity index (χ2n) is 19.7. The van der Waals surface area contributed by atoms with Crippen LogP contribution in [0.4, 0.5) is 9.59 Å².